The molecule has 16 heavy (non-hydrogen) atoms. The molecule has 2 aliphatic rings. The molecular weight excluding hydrogens is 198 g/mol. The van der Waals surface area contributed by atoms with Crippen molar-refractivity contribution < 1.29 is 4.79 Å². The molecule has 2 heteroatoms. The standard InChI is InChI=1S/C14H17NO/c16-14(15-8-1-2-9-15)13-7-6-11-4-3-5-12(11)10-13/h6-7,10H,1-5,8-9H2. The van der Waals surface area contributed by atoms with Gasteiger partial charge in [0.05, 0.1) is 0 Å². The van der Waals surface area contributed by atoms with Gasteiger partial charge in [-0.25, -0.2) is 0 Å². The Kier molecular flexibility index (Phi) is 2.43. The van der Waals surface area contributed by atoms with Gasteiger partial charge in [0.2, 0.25) is 0 Å². The molecule has 1 heterocycles. The molecule has 1 saturated heterocycles. The van der Waals surface area contributed by atoms with E-state index in [1.807, 2.05) is 11.0 Å². The monoisotopic (exact) mass is 215 g/mol. The summed E-state index contributed by atoms with van der Waals surface area (Å²) in [5.41, 5.74) is 3.73. The number of hydrogen-bond donors (Lipinski definition) is 0. The average Bonchev–Trinajstić information content (AvgIpc) is 2.98. The van der Waals surface area contributed by atoms with Gasteiger partial charge >= 0.3 is 0 Å². The fourth-order valence-corrected chi connectivity index (χ4v) is 2.81. The van der Waals surface area contributed by atoms with Crippen molar-refractivity contribution in [2.24, 2.45) is 0 Å². The van der Waals surface area contributed by atoms with Crippen molar-refractivity contribution in [3.63, 3.8) is 0 Å². The Morgan fingerprint density at radius 1 is 1.00 bits per heavy atom. The topological polar surface area (TPSA) is 20.3 Å². The van der Waals surface area contributed by atoms with E-state index in [1.165, 1.54) is 24.0 Å². The predicted molar refractivity (Wildman–Crippen MR) is 63.6 cm³/mol. The minimum atomic E-state index is 0.229. The molecule has 3 rings (SSSR count). The molecule has 2 nitrogen and oxygen atoms in total. The molecule has 0 atom stereocenters. The highest BCUT2D eigenvalue weighted by molar-refractivity contribution is 5.94. The van der Waals surface area contributed by atoms with Gasteiger partial charge in [0.25, 0.3) is 5.91 Å². The quantitative estimate of drug-likeness (QED) is 0.704. The highest BCUT2D eigenvalue weighted by atomic mass is 16.2. The van der Waals surface area contributed by atoms with E-state index < -0.39 is 0 Å². The van der Waals surface area contributed by atoms with Crippen LogP contribution in [0.2, 0.25) is 0 Å². The van der Waals surface area contributed by atoms with Crippen LogP contribution in [0.25, 0.3) is 0 Å². The van der Waals surface area contributed by atoms with E-state index >= 15 is 0 Å². The van der Waals surface area contributed by atoms with Gasteiger partial charge in [-0.2, -0.15) is 0 Å². The van der Waals surface area contributed by atoms with Crippen molar-refractivity contribution in [1.82, 2.24) is 4.90 Å². The second-order valence-corrected chi connectivity index (χ2v) is 4.84. The summed E-state index contributed by atoms with van der Waals surface area (Å²) >= 11 is 0. The predicted octanol–water partition coefficient (Wildman–Crippen LogP) is 2.41. The summed E-state index contributed by atoms with van der Waals surface area (Å²) in [5.74, 6) is 0.229. The van der Waals surface area contributed by atoms with Crippen LogP contribution in [-0.4, -0.2) is 23.9 Å². The van der Waals surface area contributed by atoms with Crippen LogP contribution in [0, 0.1) is 0 Å². The van der Waals surface area contributed by atoms with Crippen LogP contribution in [0.15, 0.2) is 18.2 Å². The number of benzene rings is 1. The van der Waals surface area contributed by atoms with Gasteiger partial charge in [0.1, 0.15) is 0 Å². The number of aryl methyl sites for hydroxylation is 2. The summed E-state index contributed by atoms with van der Waals surface area (Å²) in [6.07, 6.45) is 5.91. The molecule has 1 aromatic carbocycles. The molecular formula is C14H17NO. The van der Waals surface area contributed by atoms with Crippen molar-refractivity contribution in [3.05, 3.63) is 34.9 Å². The van der Waals surface area contributed by atoms with Crippen LogP contribution in [0.1, 0.15) is 40.7 Å². The molecule has 0 unspecified atom stereocenters. The minimum Gasteiger partial charge on any atom is -0.339 e. The Morgan fingerprint density at radius 2 is 1.75 bits per heavy atom. The van der Waals surface area contributed by atoms with Crippen molar-refractivity contribution in [1.29, 1.82) is 0 Å². The Balaban J connectivity index is 1.86. The molecule has 1 aliphatic heterocycles. The van der Waals surface area contributed by atoms with Crippen LogP contribution < -0.4 is 0 Å². The van der Waals surface area contributed by atoms with Gasteiger partial charge in [-0.3, -0.25) is 4.79 Å². The highest BCUT2D eigenvalue weighted by Gasteiger charge is 2.20. The first-order valence-electron chi connectivity index (χ1n) is 6.26. The maximum absolute atomic E-state index is 12.2. The number of hydrogen-bond acceptors (Lipinski definition) is 1. The molecule has 1 amide bonds. The van der Waals surface area contributed by atoms with Crippen molar-refractivity contribution in [2.75, 3.05) is 13.1 Å². The minimum absolute atomic E-state index is 0.229. The van der Waals surface area contributed by atoms with E-state index in [2.05, 4.69) is 12.1 Å². The lowest BCUT2D eigenvalue weighted by atomic mass is 10.1. The Hall–Kier alpha value is -1.31. The van der Waals surface area contributed by atoms with Gasteiger partial charge in [-0.1, -0.05) is 6.07 Å². The Morgan fingerprint density at radius 3 is 2.56 bits per heavy atom. The molecule has 0 N–H and O–H groups in total. The second-order valence-electron chi connectivity index (χ2n) is 4.84. The molecule has 1 fully saturated rings. The van der Waals surface area contributed by atoms with Crippen molar-refractivity contribution >= 4 is 5.91 Å². The third-order valence-electron chi connectivity index (χ3n) is 3.74. The molecule has 0 bridgehead atoms. The summed E-state index contributed by atoms with van der Waals surface area (Å²) in [5, 5.41) is 0. The van der Waals surface area contributed by atoms with E-state index in [1.54, 1.807) is 0 Å². The summed E-state index contributed by atoms with van der Waals surface area (Å²) in [4.78, 5) is 14.2. The lowest BCUT2D eigenvalue weighted by molar-refractivity contribution is 0.0792. The molecule has 0 radical (unpaired) electrons. The number of likely N-dealkylation sites (tertiary alicyclic amines) is 1. The number of nitrogens with zero attached hydrogens (tertiary/aromatic N) is 1. The summed E-state index contributed by atoms with van der Waals surface area (Å²) in [6, 6.07) is 6.26. The largest absolute Gasteiger partial charge is 0.339 e. The zero-order chi connectivity index (χ0) is 11.0. The van der Waals surface area contributed by atoms with E-state index in [0.717, 1.165) is 37.9 Å². The number of carbonyl (C=O) groups is 1. The van der Waals surface area contributed by atoms with Crippen LogP contribution in [0.5, 0.6) is 0 Å². The summed E-state index contributed by atoms with van der Waals surface area (Å²) < 4.78 is 0. The van der Waals surface area contributed by atoms with Crippen molar-refractivity contribution in [3.8, 4) is 0 Å². The SMILES string of the molecule is O=C(c1ccc2c(c1)CCC2)N1CCCC1. The molecule has 1 aliphatic carbocycles. The lowest BCUT2D eigenvalue weighted by Crippen LogP contribution is -2.27. The Labute approximate surface area is 96.3 Å². The third-order valence-corrected chi connectivity index (χ3v) is 3.74. The summed E-state index contributed by atoms with van der Waals surface area (Å²) in [6.45, 7) is 1.88. The van der Waals surface area contributed by atoms with Crippen LogP contribution in [0.4, 0.5) is 0 Å². The second kappa shape index (κ2) is 3.93. The van der Waals surface area contributed by atoms with Gasteiger partial charge in [0.15, 0.2) is 0 Å². The lowest BCUT2D eigenvalue weighted by Gasteiger charge is -2.15. The number of fused-ring (bicyclic) bond motifs is 1. The first-order valence-corrected chi connectivity index (χ1v) is 6.26. The molecule has 84 valence electrons. The normalized spacial score (nSPS) is 18.9. The van der Waals surface area contributed by atoms with E-state index in [9.17, 15) is 4.79 Å². The molecule has 0 spiro atoms. The van der Waals surface area contributed by atoms with Crippen molar-refractivity contribution in [2.45, 2.75) is 32.1 Å². The zero-order valence-electron chi connectivity index (χ0n) is 9.54. The molecule has 0 aromatic heterocycles. The fourth-order valence-electron chi connectivity index (χ4n) is 2.81. The van der Waals surface area contributed by atoms with Gasteiger partial charge in [-0.05, 0) is 55.4 Å². The highest BCUT2D eigenvalue weighted by Crippen LogP contribution is 2.24. The maximum atomic E-state index is 12.2. The molecule has 0 saturated carbocycles. The van der Waals surface area contributed by atoms with E-state index in [0.29, 0.717) is 0 Å². The first-order chi connectivity index (χ1) is 7.84. The first kappa shape index (κ1) is 9.88. The maximum Gasteiger partial charge on any atom is 0.253 e. The molecule has 1 aromatic rings. The van der Waals surface area contributed by atoms with E-state index in [4.69, 9.17) is 0 Å². The summed E-state index contributed by atoms with van der Waals surface area (Å²) in [7, 11) is 0. The number of rotatable bonds is 1. The number of carbonyl (C=O) groups excluding carboxylic acids is 1. The van der Waals surface area contributed by atoms with Crippen LogP contribution in [0.3, 0.4) is 0 Å². The zero-order valence-corrected chi connectivity index (χ0v) is 9.54. The van der Waals surface area contributed by atoms with Crippen LogP contribution >= 0.6 is 0 Å². The van der Waals surface area contributed by atoms with Gasteiger partial charge < -0.3 is 4.90 Å². The van der Waals surface area contributed by atoms with E-state index in [-0.39, 0.29) is 5.91 Å². The van der Waals surface area contributed by atoms with Gasteiger partial charge in [0, 0.05) is 18.7 Å². The fraction of sp³-hybridized carbons (Fsp3) is 0.500. The smallest absolute Gasteiger partial charge is 0.253 e. The average molecular weight is 215 g/mol. The van der Waals surface area contributed by atoms with Crippen LogP contribution in [-0.2, 0) is 12.8 Å². The Bertz CT molecular complexity index is 419. The third kappa shape index (κ3) is 1.62. The number of amides is 1. The van der Waals surface area contributed by atoms with Gasteiger partial charge in [-0.15, -0.1) is 0 Å².